The molecule has 0 saturated carbocycles. The molecule has 2 aromatic carbocycles. The van der Waals surface area contributed by atoms with E-state index in [1.807, 2.05) is 18.2 Å². The monoisotopic (exact) mass is 369 g/mol. The highest BCUT2D eigenvalue weighted by atomic mass is 28.3. The first-order valence-corrected chi connectivity index (χ1v) is 12.3. The Morgan fingerprint density at radius 3 is 2.42 bits per heavy atom. The Hall–Kier alpha value is -2.60. The minimum Gasteiger partial charge on any atom is -0.454 e. The van der Waals surface area contributed by atoms with Crippen molar-refractivity contribution in [3.05, 3.63) is 59.2 Å². The third-order valence-electron chi connectivity index (χ3n) is 4.20. The fourth-order valence-electron chi connectivity index (χ4n) is 2.95. The summed E-state index contributed by atoms with van der Waals surface area (Å²) < 4.78 is 10.6. The van der Waals surface area contributed by atoms with Crippen LogP contribution < -0.4 is 9.47 Å². The average Bonchev–Trinajstić information content (AvgIpc) is 3.06. The SMILES string of the molecule is CN(C(=O)c1ccc2c(c1)OCO2)C(=O)c1ccccc1C[Si](C)(C)C. The van der Waals surface area contributed by atoms with Crippen LogP contribution in [0.2, 0.25) is 19.6 Å². The Bertz CT molecular complexity index is 857. The van der Waals surface area contributed by atoms with Gasteiger partial charge in [-0.05, 0) is 35.9 Å². The Morgan fingerprint density at radius 1 is 1.00 bits per heavy atom. The van der Waals surface area contributed by atoms with Gasteiger partial charge in [-0.3, -0.25) is 14.5 Å². The molecule has 0 bridgehead atoms. The zero-order chi connectivity index (χ0) is 18.9. The number of hydrogen-bond acceptors (Lipinski definition) is 4. The molecule has 0 aromatic heterocycles. The summed E-state index contributed by atoms with van der Waals surface area (Å²) in [4.78, 5) is 26.9. The second kappa shape index (κ2) is 6.95. The Labute approximate surface area is 154 Å². The molecule has 1 aliphatic rings. The van der Waals surface area contributed by atoms with Crippen LogP contribution in [0.1, 0.15) is 26.3 Å². The van der Waals surface area contributed by atoms with Crippen molar-refractivity contribution in [3.8, 4) is 11.5 Å². The zero-order valence-electron chi connectivity index (χ0n) is 15.5. The van der Waals surface area contributed by atoms with Crippen LogP contribution in [0.3, 0.4) is 0 Å². The molecule has 2 amide bonds. The summed E-state index contributed by atoms with van der Waals surface area (Å²) in [7, 11) is 0.115. The highest BCUT2D eigenvalue weighted by Gasteiger charge is 2.25. The molecule has 0 radical (unpaired) electrons. The lowest BCUT2D eigenvalue weighted by molar-refractivity contribution is 0.0655. The van der Waals surface area contributed by atoms with Gasteiger partial charge >= 0.3 is 0 Å². The summed E-state index contributed by atoms with van der Waals surface area (Å²) in [6, 6.07) is 13.4. The summed E-state index contributed by atoms with van der Waals surface area (Å²) >= 11 is 0. The minimum absolute atomic E-state index is 0.145. The molecule has 136 valence electrons. The molecule has 0 fully saturated rings. The van der Waals surface area contributed by atoms with Gasteiger partial charge < -0.3 is 9.47 Å². The third kappa shape index (κ3) is 3.80. The fraction of sp³-hybridized carbons (Fsp3) is 0.300. The van der Waals surface area contributed by atoms with Crippen molar-refractivity contribution < 1.29 is 19.1 Å². The molecule has 1 heterocycles. The summed E-state index contributed by atoms with van der Waals surface area (Å²) in [5, 5.41) is 0. The van der Waals surface area contributed by atoms with E-state index in [0.29, 0.717) is 22.6 Å². The van der Waals surface area contributed by atoms with Crippen LogP contribution in [0.4, 0.5) is 0 Å². The largest absolute Gasteiger partial charge is 0.454 e. The van der Waals surface area contributed by atoms with Crippen LogP contribution in [-0.2, 0) is 6.04 Å². The highest BCUT2D eigenvalue weighted by molar-refractivity contribution is 6.75. The fourth-order valence-corrected chi connectivity index (χ4v) is 4.40. The second-order valence-electron chi connectivity index (χ2n) is 7.63. The van der Waals surface area contributed by atoms with Crippen molar-refractivity contribution in [2.75, 3.05) is 13.8 Å². The number of rotatable bonds is 4. The first-order chi connectivity index (χ1) is 12.3. The summed E-state index contributed by atoms with van der Waals surface area (Å²) in [5.41, 5.74) is 1.99. The maximum Gasteiger partial charge on any atom is 0.260 e. The van der Waals surface area contributed by atoms with Gasteiger partial charge in [-0.1, -0.05) is 37.8 Å². The van der Waals surface area contributed by atoms with Crippen LogP contribution >= 0.6 is 0 Å². The number of carbonyl (C=O) groups is 2. The summed E-state index contributed by atoms with van der Waals surface area (Å²) in [6.07, 6.45) is 0. The van der Waals surface area contributed by atoms with Gasteiger partial charge in [0, 0.05) is 26.2 Å². The minimum atomic E-state index is -1.40. The Balaban J connectivity index is 1.85. The van der Waals surface area contributed by atoms with E-state index in [0.717, 1.165) is 11.6 Å². The quantitative estimate of drug-likeness (QED) is 0.608. The highest BCUT2D eigenvalue weighted by Crippen LogP contribution is 2.32. The number of ether oxygens (including phenoxy) is 2. The number of amides is 2. The van der Waals surface area contributed by atoms with E-state index in [-0.39, 0.29) is 18.6 Å². The number of fused-ring (bicyclic) bond motifs is 1. The topological polar surface area (TPSA) is 55.8 Å². The summed E-state index contributed by atoms with van der Waals surface area (Å²) in [6.45, 7) is 6.92. The Morgan fingerprint density at radius 2 is 1.69 bits per heavy atom. The average molecular weight is 369 g/mol. The predicted octanol–water partition coefficient (Wildman–Crippen LogP) is 3.75. The van der Waals surface area contributed by atoms with E-state index in [9.17, 15) is 9.59 Å². The van der Waals surface area contributed by atoms with Crippen LogP contribution in [0.25, 0.3) is 0 Å². The number of carbonyl (C=O) groups excluding carboxylic acids is 2. The molecule has 0 atom stereocenters. The molecule has 6 heteroatoms. The maximum atomic E-state index is 13.0. The number of imide groups is 1. The van der Waals surface area contributed by atoms with Gasteiger partial charge in [-0.15, -0.1) is 0 Å². The van der Waals surface area contributed by atoms with E-state index < -0.39 is 8.07 Å². The van der Waals surface area contributed by atoms with Gasteiger partial charge in [0.15, 0.2) is 11.5 Å². The smallest absolute Gasteiger partial charge is 0.260 e. The Kier molecular flexibility index (Phi) is 4.87. The van der Waals surface area contributed by atoms with E-state index in [1.165, 1.54) is 11.9 Å². The maximum absolute atomic E-state index is 13.0. The third-order valence-corrected chi connectivity index (χ3v) is 5.64. The van der Waals surface area contributed by atoms with Crippen LogP contribution in [0, 0.1) is 0 Å². The molecule has 26 heavy (non-hydrogen) atoms. The van der Waals surface area contributed by atoms with E-state index >= 15 is 0 Å². The van der Waals surface area contributed by atoms with E-state index in [2.05, 4.69) is 19.6 Å². The van der Waals surface area contributed by atoms with Gasteiger partial charge in [-0.2, -0.15) is 0 Å². The van der Waals surface area contributed by atoms with Gasteiger partial charge in [0.05, 0.1) is 0 Å². The van der Waals surface area contributed by atoms with Gasteiger partial charge in [-0.25, -0.2) is 0 Å². The molecule has 0 saturated heterocycles. The zero-order valence-corrected chi connectivity index (χ0v) is 16.5. The number of hydrogen-bond donors (Lipinski definition) is 0. The molecule has 3 rings (SSSR count). The van der Waals surface area contributed by atoms with Crippen molar-refractivity contribution >= 4 is 19.9 Å². The lowest BCUT2D eigenvalue weighted by atomic mass is 10.1. The normalized spacial score (nSPS) is 12.8. The molecular formula is C20H23NO4Si. The molecule has 0 aliphatic carbocycles. The standard InChI is InChI=1S/C20H23NO4Si/c1-21(19(22)14-9-10-17-18(11-14)25-13-24-17)20(23)16-8-6-5-7-15(16)12-26(2,3)4/h5-11H,12-13H2,1-4H3. The van der Waals surface area contributed by atoms with Crippen molar-refractivity contribution in [2.24, 2.45) is 0 Å². The van der Waals surface area contributed by atoms with Crippen LogP contribution in [-0.4, -0.2) is 38.6 Å². The second-order valence-corrected chi connectivity index (χ2v) is 13.1. The molecular weight excluding hydrogens is 346 g/mol. The molecule has 1 aliphatic heterocycles. The molecule has 0 unspecified atom stereocenters. The lowest BCUT2D eigenvalue weighted by Gasteiger charge is -2.21. The number of nitrogens with zero attached hydrogens (tertiary/aromatic N) is 1. The van der Waals surface area contributed by atoms with Gasteiger partial charge in [0.1, 0.15) is 0 Å². The molecule has 5 nitrogen and oxygen atoms in total. The van der Waals surface area contributed by atoms with Crippen molar-refractivity contribution in [1.82, 2.24) is 4.90 Å². The molecule has 0 spiro atoms. The van der Waals surface area contributed by atoms with Crippen molar-refractivity contribution in [3.63, 3.8) is 0 Å². The first-order valence-electron chi connectivity index (χ1n) is 8.56. The van der Waals surface area contributed by atoms with E-state index in [4.69, 9.17) is 9.47 Å². The van der Waals surface area contributed by atoms with Crippen LogP contribution in [0.15, 0.2) is 42.5 Å². The van der Waals surface area contributed by atoms with Crippen LogP contribution in [0.5, 0.6) is 11.5 Å². The van der Waals surface area contributed by atoms with Crippen molar-refractivity contribution in [1.29, 1.82) is 0 Å². The molecule has 0 N–H and O–H groups in total. The lowest BCUT2D eigenvalue weighted by Crippen LogP contribution is -2.34. The van der Waals surface area contributed by atoms with Crippen molar-refractivity contribution in [2.45, 2.75) is 25.7 Å². The molecule has 2 aromatic rings. The first kappa shape index (κ1) is 18.2. The summed E-state index contributed by atoms with van der Waals surface area (Å²) in [5.74, 6) is 0.476. The van der Waals surface area contributed by atoms with E-state index in [1.54, 1.807) is 24.3 Å². The van der Waals surface area contributed by atoms with Gasteiger partial charge in [0.2, 0.25) is 6.79 Å². The number of benzene rings is 2. The predicted molar refractivity (Wildman–Crippen MR) is 102 cm³/mol. The van der Waals surface area contributed by atoms with Gasteiger partial charge in [0.25, 0.3) is 11.8 Å².